The van der Waals surface area contributed by atoms with Gasteiger partial charge in [0.1, 0.15) is 6.10 Å². The number of benzene rings is 1. The molecule has 334 valence electrons. The number of likely N-dealkylation sites (N-methyl/N-ethyl adjacent to an activating group) is 1. The minimum atomic E-state index is -0.835. The molecule has 5 saturated carbocycles. The molecule has 0 saturated heterocycles. The first-order valence-electron chi connectivity index (χ1n) is 22.6. The molecule has 0 spiro atoms. The molecule has 0 radical (unpaired) electrons. The highest BCUT2D eigenvalue weighted by Gasteiger charge is 2.70. The fourth-order valence-electron chi connectivity index (χ4n) is 14.6. The van der Waals surface area contributed by atoms with Crippen LogP contribution in [0.1, 0.15) is 132 Å². The van der Waals surface area contributed by atoms with Crippen LogP contribution in [0.15, 0.2) is 35.4 Å². The van der Waals surface area contributed by atoms with E-state index in [0.717, 1.165) is 69.0 Å². The number of nitrogens with one attached hydrogen (secondary N) is 1. The lowest BCUT2D eigenvalue weighted by molar-refractivity contribution is -0.235. The normalized spacial score (nSPS) is 37.5. The number of rotatable bonds is 10. The van der Waals surface area contributed by atoms with E-state index in [0.29, 0.717) is 42.8 Å². The summed E-state index contributed by atoms with van der Waals surface area (Å²) in [7, 11) is 4.04. The molecule has 2 amide bonds. The van der Waals surface area contributed by atoms with Crippen LogP contribution in [-0.4, -0.2) is 77.5 Å². The quantitative estimate of drug-likeness (QED) is 0.225. The third-order valence-corrected chi connectivity index (χ3v) is 18.5. The molecule has 2 N–H and O–H groups in total. The molecule has 1 aromatic rings. The van der Waals surface area contributed by atoms with E-state index in [9.17, 15) is 24.3 Å². The molecule has 0 heterocycles. The minimum absolute atomic E-state index is 0. The van der Waals surface area contributed by atoms with Crippen molar-refractivity contribution in [1.29, 1.82) is 0 Å². The number of fused-ring (bicyclic) bond motifs is 7. The van der Waals surface area contributed by atoms with Crippen LogP contribution in [0.5, 0.6) is 0 Å². The second-order valence-electron chi connectivity index (χ2n) is 22.3. The van der Waals surface area contributed by atoms with Crippen LogP contribution in [0.4, 0.5) is 4.79 Å². The minimum Gasteiger partial charge on any atom is -0.481 e. The maximum Gasteiger partial charge on any atom is 0.318 e. The summed E-state index contributed by atoms with van der Waals surface area (Å²) in [5.74, 6) is -0.684. The molecule has 0 bridgehead atoms. The van der Waals surface area contributed by atoms with Crippen LogP contribution >= 0.6 is 24.0 Å². The summed E-state index contributed by atoms with van der Waals surface area (Å²) in [6, 6.07) is 7.58. The summed E-state index contributed by atoms with van der Waals surface area (Å²) >= 11 is 6.22. The number of carboxylic acid groups (broad SMARTS) is 1. The van der Waals surface area contributed by atoms with E-state index in [1.54, 1.807) is 0 Å². The van der Waals surface area contributed by atoms with Gasteiger partial charge in [0, 0.05) is 36.5 Å². The van der Waals surface area contributed by atoms with Gasteiger partial charge < -0.3 is 25.0 Å². The maximum atomic E-state index is 14.6. The van der Waals surface area contributed by atoms with Crippen LogP contribution in [0.25, 0.3) is 0 Å². The third-order valence-electron chi connectivity index (χ3n) is 18.2. The van der Waals surface area contributed by atoms with Crippen LogP contribution < -0.4 is 5.32 Å². The number of nitrogens with zero attached hydrogens (tertiary/aromatic N) is 2. The van der Waals surface area contributed by atoms with Gasteiger partial charge in [0.25, 0.3) is 0 Å². The zero-order chi connectivity index (χ0) is 43.2. The molecule has 0 unspecified atom stereocenters. The van der Waals surface area contributed by atoms with Gasteiger partial charge in [-0.3, -0.25) is 14.4 Å². The van der Waals surface area contributed by atoms with Crippen LogP contribution in [-0.2, 0) is 25.7 Å². The third kappa shape index (κ3) is 7.34. The highest BCUT2D eigenvalue weighted by Crippen LogP contribution is 2.76. The molecule has 6 aliphatic carbocycles. The average Bonchev–Trinajstić information content (AvgIpc) is 3.43. The molecular weight excluding hydrogens is 797 g/mol. The molecule has 10 atom stereocenters. The first-order chi connectivity index (χ1) is 27.4. The van der Waals surface area contributed by atoms with E-state index >= 15 is 0 Å². The number of ketones is 1. The molecule has 9 nitrogen and oxygen atoms in total. The highest BCUT2D eigenvalue weighted by atomic mass is 35.5. The van der Waals surface area contributed by atoms with Crippen molar-refractivity contribution < 1.29 is 29.0 Å². The van der Waals surface area contributed by atoms with E-state index in [2.05, 4.69) is 58.7 Å². The number of carbonyl (C=O) groups is 4. The number of urea groups is 1. The molecule has 6 aliphatic rings. The smallest absolute Gasteiger partial charge is 0.318 e. The molecule has 0 aliphatic heterocycles. The number of aliphatic carboxylic acids is 1. The van der Waals surface area contributed by atoms with Crippen molar-refractivity contribution in [3.05, 3.63) is 46.0 Å². The van der Waals surface area contributed by atoms with E-state index in [1.807, 2.05) is 57.1 Å². The van der Waals surface area contributed by atoms with Crippen LogP contribution in [0.2, 0.25) is 5.02 Å². The molecule has 5 fully saturated rings. The number of esters is 1. The van der Waals surface area contributed by atoms with E-state index in [4.69, 9.17) is 16.3 Å². The van der Waals surface area contributed by atoms with Crippen molar-refractivity contribution >= 4 is 47.8 Å². The lowest BCUT2D eigenvalue weighted by Crippen LogP contribution is -2.67. The Bertz CT molecular complexity index is 1890. The summed E-state index contributed by atoms with van der Waals surface area (Å²) < 4.78 is 6.44. The van der Waals surface area contributed by atoms with Crippen LogP contribution in [0.3, 0.4) is 0 Å². The Morgan fingerprint density at radius 3 is 2.12 bits per heavy atom. The van der Waals surface area contributed by atoms with E-state index < -0.39 is 28.8 Å². The largest absolute Gasteiger partial charge is 0.481 e. The number of halogens is 2. The Morgan fingerprint density at radius 1 is 0.850 bits per heavy atom. The highest BCUT2D eigenvalue weighted by molar-refractivity contribution is 6.30. The van der Waals surface area contributed by atoms with Crippen molar-refractivity contribution in [2.45, 2.75) is 145 Å². The van der Waals surface area contributed by atoms with E-state index in [-0.39, 0.29) is 69.8 Å². The Morgan fingerprint density at radius 2 is 1.52 bits per heavy atom. The number of carbonyl (C=O) groups excluding carboxylic acids is 3. The SMILES string of the molecule is CC(C)C1=C2[C@H]3CC[C@@H]4[C@@]5(C)CC[C@H](OC(=O)[C@H]6C[C@@H](C(=O)O)C6(C)C)C(C)(C)[C@@H]5CC[C@@]4(C)[C@]3(C)CC[C@@]2(NC(=O)N(CCN(C)C)Cc2ccc(Cl)cc2)CC1=O.Cl. The number of hydrogen-bond donors (Lipinski definition) is 2. The fourth-order valence-corrected chi connectivity index (χ4v) is 14.7. The average molecular weight is 871 g/mol. The molecule has 0 aromatic heterocycles. The van der Waals surface area contributed by atoms with Crippen LogP contribution in [0, 0.1) is 62.6 Å². The molecule has 7 rings (SSSR count). The Balaban J connectivity index is 0.00000604. The second-order valence-corrected chi connectivity index (χ2v) is 22.8. The van der Waals surface area contributed by atoms with Gasteiger partial charge >= 0.3 is 18.0 Å². The lowest BCUT2D eigenvalue weighted by atomic mass is 9.33. The van der Waals surface area contributed by atoms with Gasteiger partial charge in [-0.2, -0.15) is 0 Å². The summed E-state index contributed by atoms with van der Waals surface area (Å²) in [4.78, 5) is 58.4. The number of ether oxygens (including phenoxy) is 1. The van der Waals surface area contributed by atoms with Crippen molar-refractivity contribution in [3.8, 4) is 0 Å². The predicted molar refractivity (Wildman–Crippen MR) is 239 cm³/mol. The molecule has 60 heavy (non-hydrogen) atoms. The predicted octanol–water partition coefficient (Wildman–Crippen LogP) is 10.2. The lowest BCUT2D eigenvalue weighted by Gasteiger charge is -2.72. The molecule has 11 heteroatoms. The first-order valence-corrected chi connectivity index (χ1v) is 23.0. The van der Waals surface area contributed by atoms with Gasteiger partial charge in [0.15, 0.2) is 5.78 Å². The fraction of sp³-hybridized carbons (Fsp3) is 0.755. The molecular formula is C49H73Cl2N3O6. The summed E-state index contributed by atoms with van der Waals surface area (Å²) in [5, 5.41) is 14.0. The number of Topliss-reactive ketones (excluding diaryl/α,β-unsaturated/α-hetero) is 1. The Hall–Kier alpha value is -2.62. The molecule has 1 aromatic carbocycles. The van der Waals surface area contributed by atoms with Gasteiger partial charge in [0.05, 0.1) is 17.4 Å². The Labute approximate surface area is 370 Å². The zero-order valence-corrected chi connectivity index (χ0v) is 39.8. The monoisotopic (exact) mass is 869 g/mol. The topological polar surface area (TPSA) is 116 Å². The number of carboxylic acids is 1. The van der Waals surface area contributed by atoms with Crippen molar-refractivity contribution in [2.75, 3.05) is 27.2 Å². The summed E-state index contributed by atoms with van der Waals surface area (Å²) in [6.45, 7) is 22.1. The zero-order valence-electron chi connectivity index (χ0n) is 38.2. The number of allylic oxidation sites excluding steroid dienone is 1. The number of hydrogen-bond acceptors (Lipinski definition) is 6. The van der Waals surface area contributed by atoms with Crippen molar-refractivity contribution in [1.82, 2.24) is 15.1 Å². The van der Waals surface area contributed by atoms with Crippen molar-refractivity contribution in [2.24, 2.45) is 62.6 Å². The van der Waals surface area contributed by atoms with Gasteiger partial charge in [-0.15, -0.1) is 12.4 Å². The maximum absolute atomic E-state index is 14.6. The van der Waals surface area contributed by atoms with Gasteiger partial charge in [-0.05, 0) is 146 Å². The summed E-state index contributed by atoms with van der Waals surface area (Å²) in [6.07, 6.45) is 8.13. The van der Waals surface area contributed by atoms with Gasteiger partial charge in [0.2, 0.25) is 0 Å². The first kappa shape index (κ1) is 46.9. The van der Waals surface area contributed by atoms with Crippen molar-refractivity contribution in [3.63, 3.8) is 0 Å². The van der Waals surface area contributed by atoms with E-state index in [1.165, 1.54) is 5.57 Å². The second kappa shape index (κ2) is 16.2. The standard InChI is InChI=1S/C49H72ClN3O6.ClH/c1-29(2)39-35(54)27-49(51-43(58)53(25-24-52(10)11)28-30-12-14-31(50)15-13-30)23-22-47(8)32(40(39)49)16-17-37-46(7)20-19-38(45(5,6)36(46)18-21-48(37,47)9)59-42(57)34-26-33(41(55)56)44(34,3)4;/h12-15,29,32-34,36-38H,16-28H2,1-11H3,(H,51,58)(H,55,56);1H/t32-,33+,34-,36+,37-,38+,46+,47-,48-,49-;/m1./s1. The van der Waals surface area contributed by atoms with Gasteiger partial charge in [-0.1, -0.05) is 86.0 Å². The Kier molecular flexibility index (Phi) is 12.6. The summed E-state index contributed by atoms with van der Waals surface area (Å²) in [5.41, 5.74) is 1.66. The van der Waals surface area contributed by atoms with Gasteiger partial charge in [-0.25, -0.2) is 4.79 Å². The number of amides is 2.